The summed E-state index contributed by atoms with van der Waals surface area (Å²) in [5.41, 5.74) is 2.57. The van der Waals surface area contributed by atoms with Gasteiger partial charge in [-0.15, -0.1) is 0 Å². The highest BCUT2D eigenvalue weighted by atomic mass is 15.1. The quantitative estimate of drug-likeness (QED) is 0.298. The molecule has 0 saturated heterocycles. The van der Waals surface area contributed by atoms with E-state index in [-0.39, 0.29) is 5.49 Å². The molecule has 2 aromatic heterocycles. The lowest BCUT2D eigenvalue weighted by atomic mass is 9.89. The van der Waals surface area contributed by atoms with E-state index in [0.717, 1.165) is 16.5 Å². The molecule has 7 aromatic rings. The van der Waals surface area contributed by atoms with Gasteiger partial charge in [-0.25, -0.2) is 9.97 Å². The second kappa shape index (κ2) is 5.42. The molecule has 0 atom stereocenters. The third-order valence-electron chi connectivity index (χ3n) is 6.13. The molecule has 5 heteroatoms. The Kier molecular flexibility index (Phi) is 2.83. The lowest BCUT2D eigenvalue weighted by Crippen LogP contribution is -2.12. The van der Waals surface area contributed by atoms with Gasteiger partial charge in [0.15, 0.2) is 11.1 Å². The number of nitrogens with zero attached hydrogens (tertiary/aromatic N) is 3. The summed E-state index contributed by atoms with van der Waals surface area (Å²) in [4.78, 5) is 11.9. The summed E-state index contributed by atoms with van der Waals surface area (Å²) >= 11 is 0. The van der Waals surface area contributed by atoms with Crippen LogP contribution < -0.4 is 5.49 Å². The first kappa shape index (κ1) is 15.6. The van der Waals surface area contributed by atoms with Crippen LogP contribution in [0.25, 0.3) is 59.9 Å². The van der Waals surface area contributed by atoms with Gasteiger partial charge >= 0.3 is 0 Å². The summed E-state index contributed by atoms with van der Waals surface area (Å²) in [7, 11) is 0. The smallest absolute Gasteiger partial charge is 0.173 e. The SMILES string of the molecule is N=c1ncn(-c2c3ccccc3c3ccc4cccc5ccc2c3c54)c2nc[nH]c12. The van der Waals surface area contributed by atoms with Gasteiger partial charge in [-0.1, -0.05) is 66.7 Å². The van der Waals surface area contributed by atoms with Crippen molar-refractivity contribution in [3.8, 4) is 5.69 Å². The Balaban J connectivity index is 1.82. The molecule has 5 aromatic carbocycles. The van der Waals surface area contributed by atoms with Gasteiger partial charge in [-0.3, -0.25) is 9.98 Å². The monoisotopic (exact) mass is 385 g/mol. The molecule has 2 N–H and O–H groups in total. The molecule has 5 nitrogen and oxygen atoms in total. The predicted octanol–water partition coefficient (Wildman–Crippen LogP) is 5.28. The Morgan fingerprint density at radius 3 is 2.30 bits per heavy atom. The zero-order valence-electron chi connectivity index (χ0n) is 15.8. The molecule has 0 spiro atoms. The Labute approximate surface area is 170 Å². The largest absolute Gasteiger partial charge is 0.340 e. The highest BCUT2D eigenvalue weighted by Crippen LogP contribution is 2.42. The molecular formula is C25H15N5. The van der Waals surface area contributed by atoms with Gasteiger partial charge in [0.25, 0.3) is 0 Å². The molecule has 140 valence electrons. The zero-order chi connectivity index (χ0) is 19.8. The summed E-state index contributed by atoms with van der Waals surface area (Å²) < 4.78 is 2.01. The molecule has 0 aliphatic rings. The Hall–Kier alpha value is -4.25. The van der Waals surface area contributed by atoms with E-state index in [9.17, 15) is 0 Å². The molecule has 0 unspecified atom stereocenters. The van der Waals surface area contributed by atoms with Crippen LogP contribution in [-0.4, -0.2) is 19.5 Å². The van der Waals surface area contributed by atoms with Crippen molar-refractivity contribution >= 4 is 54.3 Å². The number of rotatable bonds is 1. The second-order valence-electron chi connectivity index (χ2n) is 7.64. The summed E-state index contributed by atoms with van der Waals surface area (Å²) in [6.07, 6.45) is 3.34. The third kappa shape index (κ3) is 1.84. The molecule has 0 bridgehead atoms. The van der Waals surface area contributed by atoms with Gasteiger partial charge in [0.1, 0.15) is 11.8 Å². The molecular weight excluding hydrogens is 370 g/mol. The van der Waals surface area contributed by atoms with E-state index in [0.29, 0.717) is 11.2 Å². The topological polar surface area (TPSA) is 70.3 Å². The number of fused-ring (bicyclic) bond motifs is 3. The third-order valence-corrected chi connectivity index (χ3v) is 6.13. The van der Waals surface area contributed by atoms with Crippen molar-refractivity contribution in [3.05, 3.63) is 84.9 Å². The van der Waals surface area contributed by atoms with Crippen LogP contribution in [0.5, 0.6) is 0 Å². The fraction of sp³-hybridized carbons (Fsp3) is 0. The van der Waals surface area contributed by atoms with E-state index >= 15 is 0 Å². The van der Waals surface area contributed by atoms with Crippen LogP contribution in [0.2, 0.25) is 0 Å². The van der Waals surface area contributed by atoms with Crippen LogP contribution in [0, 0.1) is 5.41 Å². The van der Waals surface area contributed by atoms with Crippen LogP contribution in [0.15, 0.2) is 79.4 Å². The maximum absolute atomic E-state index is 8.14. The lowest BCUT2D eigenvalue weighted by Gasteiger charge is -2.19. The minimum Gasteiger partial charge on any atom is -0.340 e. The fourth-order valence-electron chi connectivity index (χ4n) is 4.88. The van der Waals surface area contributed by atoms with E-state index in [2.05, 4.69) is 81.7 Å². The number of nitrogens with one attached hydrogen (secondary N) is 2. The van der Waals surface area contributed by atoms with Crippen LogP contribution in [-0.2, 0) is 0 Å². The van der Waals surface area contributed by atoms with E-state index in [1.54, 1.807) is 12.7 Å². The van der Waals surface area contributed by atoms with E-state index in [1.807, 2.05) is 4.57 Å². The Bertz CT molecular complexity index is 1810. The van der Waals surface area contributed by atoms with E-state index in [4.69, 9.17) is 5.41 Å². The minimum absolute atomic E-state index is 0.195. The number of H-pyrrole nitrogens is 1. The second-order valence-corrected chi connectivity index (χ2v) is 7.64. The van der Waals surface area contributed by atoms with Gasteiger partial charge in [0.05, 0.1) is 12.0 Å². The number of hydrogen-bond donors (Lipinski definition) is 2. The molecule has 0 aliphatic carbocycles. The fourth-order valence-corrected chi connectivity index (χ4v) is 4.88. The van der Waals surface area contributed by atoms with Gasteiger partial charge < -0.3 is 4.98 Å². The maximum Gasteiger partial charge on any atom is 0.173 e. The molecule has 0 radical (unpaired) electrons. The average molecular weight is 385 g/mol. The molecule has 2 heterocycles. The van der Waals surface area contributed by atoms with Crippen molar-refractivity contribution in [1.82, 2.24) is 19.5 Å². The lowest BCUT2D eigenvalue weighted by molar-refractivity contribution is 0.981. The molecule has 30 heavy (non-hydrogen) atoms. The van der Waals surface area contributed by atoms with Crippen molar-refractivity contribution in [3.63, 3.8) is 0 Å². The summed E-state index contributed by atoms with van der Waals surface area (Å²) in [5, 5.41) is 17.9. The molecule has 0 saturated carbocycles. The molecule has 0 amide bonds. The van der Waals surface area contributed by atoms with Crippen molar-refractivity contribution in [2.45, 2.75) is 0 Å². The number of benzene rings is 5. The zero-order valence-corrected chi connectivity index (χ0v) is 15.8. The molecule has 0 fully saturated rings. The van der Waals surface area contributed by atoms with Crippen molar-refractivity contribution < 1.29 is 0 Å². The highest BCUT2D eigenvalue weighted by molar-refractivity contribution is 6.31. The Morgan fingerprint density at radius 1 is 0.700 bits per heavy atom. The number of imidazole rings is 1. The number of aromatic nitrogens is 4. The average Bonchev–Trinajstić information content (AvgIpc) is 3.29. The van der Waals surface area contributed by atoms with Gasteiger partial charge in [0.2, 0.25) is 0 Å². The maximum atomic E-state index is 8.14. The summed E-state index contributed by atoms with van der Waals surface area (Å²) in [5.74, 6) is 0. The van der Waals surface area contributed by atoms with Crippen LogP contribution in [0.4, 0.5) is 0 Å². The van der Waals surface area contributed by atoms with Crippen LogP contribution in [0.3, 0.4) is 0 Å². The van der Waals surface area contributed by atoms with E-state index in [1.165, 1.54) is 32.3 Å². The van der Waals surface area contributed by atoms with Crippen molar-refractivity contribution in [2.24, 2.45) is 0 Å². The van der Waals surface area contributed by atoms with Crippen molar-refractivity contribution in [1.29, 1.82) is 5.41 Å². The van der Waals surface area contributed by atoms with Crippen LogP contribution >= 0.6 is 0 Å². The Morgan fingerprint density at radius 2 is 1.47 bits per heavy atom. The standard InChI is InChI=1S/C25H15N5/c26-24-22-25(28-12-27-22)30(13-29-24)23-18-7-2-1-6-16(18)17-10-8-14-4-3-5-15-9-11-19(23)21(17)20(14)15/h1-13,26H,(H,27,28). The highest BCUT2D eigenvalue weighted by Gasteiger charge is 2.18. The van der Waals surface area contributed by atoms with Gasteiger partial charge in [0, 0.05) is 16.2 Å². The summed E-state index contributed by atoms with van der Waals surface area (Å²) in [6, 6.07) is 23.8. The van der Waals surface area contributed by atoms with Gasteiger partial charge in [-0.05, 0) is 26.9 Å². The first-order chi connectivity index (χ1) is 14.8. The van der Waals surface area contributed by atoms with Crippen molar-refractivity contribution in [2.75, 3.05) is 0 Å². The number of hydrogen-bond acceptors (Lipinski definition) is 3. The predicted molar refractivity (Wildman–Crippen MR) is 120 cm³/mol. The van der Waals surface area contributed by atoms with E-state index < -0.39 is 0 Å². The molecule has 7 rings (SSSR count). The normalized spacial score (nSPS) is 12.1. The molecule has 0 aliphatic heterocycles. The summed E-state index contributed by atoms with van der Waals surface area (Å²) in [6.45, 7) is 0. The minimum atomic E-state index is 0.195. The first-order valence-electron chi connectivity index (χ1n) is 9.85. The number of aromatic amines is 1. The first-order valence-corrected chi connectivity index (χ1v) is 9.85. The van der Waals surface area contributed by atoms with Crippen LogP contribution in [0.1, 0.15) is 0 Å². The van der Waals surface area contributed by atoms with Gasteiger partial charge in [-0.2, -0.15) is 0 Å².